The van der Waals surface area contributed by atoms with Crippen LogP contribution < -0.4 is 14.4 Å². The van der Waals surface area contributed by atoms with E-state index < -0.39 is 28.5 Å². The Hall–Kier alpha value is -4.05. The van der Waals surface area contributed by atoms with E-state index >= 15 is 0 Å². The van der Waals surface area contributed by atoms with E-state index in [-0.39, 0.29) is 36.1 Å². The molecule has 0 saturated heterocycles. The number of benzene rings is 4. The number of nitrogens with zero attached hydrogens (tertiary/aromatic N) is 2. The monoisotopic (exact) mass is 695 g/mol. The van der Waals surface area contributed by atoms with Gasteiger partial charge in [0.25, 0.3) is 10.0 Å². The molecule has 1 atom stereocenters. The fraction of sp³-hybridized carbons (Fsp3) is 0.278. The molecule has 0 bridgehead atoms. The number of ether oxygens (including phenoxy) is 1. The molecule has 0 aliphatic carbocycles. The SMILES string of the molecule is CCCCNC(=O)[C@@H](Cc1ccccc1)N(Cc1cccc(Cl)c1)C(=O)CN(c1ccccc1OCC)S(=O)(=O)c1ccc(Cl)cc1. The van der Waals surface area contributed by atoms with Crippen LogP contribution in [0, 0.1) is 0 Å². The molecule has 4 rings (SSSR count). The van der Waals surface area contributed by atoms with Crippen molar-refractivity contribution in [1.29, 1.82) is 0 Å². The number of halogens is 2. The lowest BCUT2D eigenvalue weighted by atomic mass is 10.0. The summed E-state index contributed by atoms with van der Waals surface area (Å²) in [4.78, 5) is 29.9. The molecule has 0 heterocycles. The van der Waals surface area contributed by atoms with Gasteiger partial charge in [0.15, 0.2) is 0 Å². The first-order valence-corrected chi connectivity index (χ1v) is 17.7. The number of unbranched alkanes of at least 4 members (excludes halogenated alkanes) is 1. The summed E-state index contributed by atoms with van der Waals surface area (Å²) >= 11 is 12.4. The van der Waals surface area contributed by atoms with Gasteiger partial charge in [0.1, 0.15) is 18.3 Å². The number of hydrogen-bond donors (Lipinski definition) is 1. The molecule has 11 heteroatoms. The van der Waals surface area contributed by atoms with Gasteiger partial charge in [0.05, 0.1) is 17.2 Å². The Labute approximate surface area is 287 Å². The average molecular weight is 697 g/mol. The zero-order valence-electron chi connectivity index (χ0n) is 26.4. The molecule has 248 valence electrons. The largest absolute Gasteiger partial charge is 0.492 e. The van der Waals surface area contributed by atoms with Crippen LogP contribution in [0.25, 0.3) is 0 Å². The van der Waals surface area contributed by atoms with Crippen LogP contribution in [0.5, 0.6) is 5.75 Å². The maximum atomic E-state index is 14.6. The first-order valence-electron chi connectivity index (χ1n) is 15.5. The van der Waals surface area contributed by atoms with E-state index in [0.717, 1.165) is 22.7 Å². The number of amides is 2. The predicted octanol–water partition coefficient (Wildman–Crippen LogP) is 7.14. The van der Waals surface area contributed by atoms with Crippen LogP contribution in [0.3, 0.4) is 0 Å². The van der Waals surface area contributed by atoms with E-state index in [0.29, 0.717) is 27.9 Å². The van der Waals surface area contributed by atoms with Crippen LogP contribution in [0.4, 0.5) is 5.69 Å². The Balaban J connectivity index is 1.83. The number of sulfonamides is 1. The van der Waals surface area contributed by atoms with Gasteiger partial charge in [0, 0.05) is 29.6 Å². The highest BCUT2D eigenvalue weighted by Gasteiger charge is 2.35. The van der Waals surface area contributed by atoms with Gasteiger partial charge in [-0.1, -0.05) is 91.1 Å². The maximum absolute atomic E-state index is 14.6. The lowest BCUT2D eigenvalue weighted by molar-refractivity contribution is -0.140. The standard InChI is InChI=1S/C36H39Cl2N3O5S/c1-3-5-22-39-36(43)33(24-27-12-7-6-8-13-27)40(25-28-14-11-15-30(38)23-28)35(42)26-41(32-16-9-10-17-34(32)46-4-2)47(44,45)31-20-18-29(37)19-21-31/h6-21,23,33H,3-5,22,24-26H2,1-2H3,(H,39,43)/t33-/m1/s1. The highest BCUT2D eigenvalue weighted by Crippen LogP contribution is 2.33. The lowest BCUT2D eigenvalue weighted by Crippen LogP contribution is -2.53. The maximum Gasteiger partial charge on any atom is 0.264 e. The minimum Gasteiger partial charge on any atom is -0.492 e. The fourth-order valence-corrected chi connectivity index (χ4v) is 6.84. The van der Waals surface area contributed by atoms with Crippen molar-refractivity contribution < 1.29 is 22.7 Å². The Morgan fingerprint density at radius 2 is 1.51 bits per heavy atom. The van der Waals surface area contributed by atoms with Crippen molar-refractivity contribution in [3.63, 3.8) is 0 Å². The molecular formula is C36H39Cl2N3O5S. The summed E-state index contributed by atoms with van der Waals surface area (Å²) in [5, 5.41) is 3.82. The number of nitrogens with one attached hydrogen (secondary N) is 1. The Morgan fingerprint density at radius 1 is 0.830 bits per heavy atom. The number of carbonyl (C=O) groups is 2. The molecule has 0 aliphatic rings. The smallest absolute Gasteiger partial charge is 0.264 e. The number of carbonyl (C=O) groups excluding carboxylic acids is 2. The van der Waals surface area contributed by atoms with Crippen molar-refractivity contribution in [2.24, 2.45) is 0 Å². The quantitative estimate of drug-likeness (QED) is 0.126. The normalized spacial score (nSPS) is 11.8. The third kappa shape index (κ3) is 9.73. The molecule has 0 aliphatic heterocycles. The van der Waals surface area contributed by atoms with Gasteiger partial charge in [-0.15, -0.1) is 0 Å². The van der Waals surface area contributed by atoms with E-state index in [1.165, 1.54) is 29.2 Å². The molecule has 2 amide bonds. The van der Waals surface area contributed by atoms with Gasteiger partial charge in [-0.25, -0.2) is 8.42 Å². The molecular weight excluding hydrogens is 657 g/mol. The van der Waals surface area contributed by atoms with Crippen LogP contribution in [0.1, 0.15) is 37.8 Å². The van der Waals surface area contributed by atoms with E-state index in [1.807, 2.05) is 43.3 Å². The van der Waals surface area contributed by atoms with Gasteiger partial charge >= 0.3 is 0 Å². The number of anilines is 1. The Kier molecular flexibility index (Phi) is 13.1. The minimum atomic E-state index is -4.32. The third-order valence-electron chi connectivity index (χ3n) is 7.46. The molecule has 8 nitrogen and oxygen atoms in total. The summed E-state index contributed by atoms with van der Waals surface area (Å²) in [5.74, 6) is -0.625. The van der Waals surface area contributed by atoms with E-state index in [2.05, 4.69) is 5.32 Å². The Morgan fingerprint density at radius 3 is 2.19 bits per heavy atom. The lowest BCUT2D eigenvalue weighted by Gasteiger charge is -2.34. The van der Waals surface area contributed by atoms with Crippen molar-refractivity contribution in [3.8, 4) is 5.75 Å². The van der Waals surface area contributed by atoms with Crippen molar-refractivity contribution in [2.75, 3.05) is 24.0 Å². The van der Waals surface area contributed by atoms with Gasteiger partial charge in [-0.3, -0.25) is 13.9 Å². The highest BCUT2D eigenvalue weighted by molar-refractivity contribution is 7.92. The molecule has 47 heavy (non-hydrogen) atoms. The molecule has 0 radical (unpaired) electrons. The second-order valence-electron chi connectivity index (χ2n) is 10.9. The summed E-state index contributed by atoms with van der Waals surface area (Å²) < 4.78 is 35.4. The molecule has 0 unspecified atom stereocenters. The summed E-state index contributed by atoms with van der Waals surface area (Å²) in [6.45, 7) is 3.94. The van der Waals surface area contributed by atoms with Crippen LogP contribution in [0.15, 0.2) is 108 Å². The van der Waals surface area contributed by atoms with Crippen molar-refractivity contribution >= 4 is 50.7 Å². The highest BCUT2D eigenvalue weighted by atomic mass is 35.5. The molecule has 4 aromatic carbocycles. The molecule has 0 aromatic heterocycles. The van der Waals surface area contributed by atoms with E-state index in [1.54, 1.807) is 49.4 Å². The number of rotatable bonds is 16. The van der Waals surface area contributed by atoms with Crippen LogP contribution in [-0.2, 0) is 32.6 Å². The second kappa shape index (κ2) is 17.2. The van der Waals surface area contributed by atoms with E-state index in [9.17, 15) is 18.0 Å². The first kappa shape index (κ1) is 35.8. The van der Waals surface area contributed by atoms with Crippen LogP contribution in [-0.4, -0.2) is 50.9 Å². The fourth-order valence-electron chi connectivity index (χ4n) is 5.08. The van der Waals surface area contributed by atoms with Crippen molar-refractivity contribution in [3.05, 3.63) is 124 Å². The topological polar surface area (TPSA) is 96.0 Å². The van der Waals surface area contributed by atoms with Gasteiger partial charge in [0.2, 0.25) is 11.8 Å². The average Bonchev–Trinajstić information content (AvgIpc) is 3.06. The van der Waals surface area contributed by atoms with Crippen LogP contribution in [0.2, 0.25) is 10.0 Å². The Bertz CT molecular complexity index is 1740. The van der Waals surface area contributed by atoms with Gasteiger partial charge in [-0.2, -0.15) is 0 Å². The molecule has 0 spiro atoms. The van der Waals surface area contributed by atoms with E-state index in [4.69, 9.17) is 27.9 Å². The van der Waals surface area contributed by atoms with Crippen molar-refractivity contribution in [2.45, 2.75) is 50.6 Å². The molecule has 0 fully saturated rings. The molecule has 1 N–H and O–H groups in total. The minimum absolute atomic E-state index is 0.0139. The van der Waals surface area contributed by atoms with Gasteiger partial charge in [-0.05, 0) is 73.0 Å². The number of hydrogen-bond acceptors (Lipinski definition) is 5. The first-order chi connectivity index (χ1) is 22.6. The summed E-state index contributed by atoms with van der Waals surface area (Å²) in [5.41, 5.74) is 1.72. The summed E-state index contributed by atoms with van der Waals surface area (Å²) in [7, 11) is -4.32. The molecule has 0 saturated carbocycles. The van der Waals surface area contributed by atoms with Crippen molar-refractivity contribution in [1.82, 2.24) is 10.2 Å². The second-order valence-corrected chi connectivity index (χ2v) is 13.6. The summed E-state index contributed by atoms with van der Waals surface area (Å²) in [6, 6.07) is 27.9. The molecule has 4 aromatic rings. The number of para-hydroxylation sites is 2. The summed E-state index contributed by atoms with van der Waals surface area (Å²) in [6.07, 6.45) is 1.86. The van der Waals surface area contributed by atoms with Gasteiger partial charge < -0.3 is 15.0 Å². The van der Waals surface area contributed by atoms with Crippen LogP contribution >= 0.6 is 23.2 Å². The third-order valence-corrected chi connectivity index (χ3v) is 9.72. The zero-order valence-corrected chi connectivity index (χ0v) is 28.8. The predicted molar refractivity (Wildman–Crippen MR) is 187 cm³/mol. The zero-order chi connectivity index (χ0) is 33.8.